The summed E-state index contributed by atoms with van der Waals surface area (Å²) in [6.07, 6.45) is 2.84. The largest absolute Gasteiger partial charge is 0.493 e. The number of nitrogens with one attached hydrogen (secondary N) is 1. The molecule has 2 unspecified atom stereocenters. The van der Waals surface area contributed by atoms with Crippen molar-refractivity contribution in [2.24, 2.45) is 0 Å². The quantitative estimate of drug-likeness (QED) is 0.777. The number of amides is 1. The number of piperidine rings is 1. The summed E-state index contributed by atoms with van der Waals surface area (Å²) in [5.41, 5.74) is 3.19. The third-order valence-corrected chi connectivity index (χ3v) is 6.04. The first-order valence-electron chi connectivity index (χ1n) is 9.64. The van der Waals surface area contributed by atoms with E-state index in [0.717, 1.165) is 43.9 Å². The summed E-state index contributed by atoms with van der Waals surface area (Å²) < 4.78 is 11.0. The van der Waals surface area contributed by atoms with Gasteiger partial charge in [0.2, 0.25) is 0 Å². The number of carbonyl (C=O) groups is 1. The molecule has 0 aromatic heterocycles. The van der Waals surface area contributed by atoms with Crippen molar-refractivity contribution in [3.8, 4) is 11.5 Å². The second-order valence-corrected chi connectivity index (χ2v) is 7.85. The average molecular weight is 437 g/mol. The highest BCUT2D eigenvalue weighted by atomic mass is 35.5. The van der Waals surface area contributed by atoms with Gasteiger partial charge in [-0.15, -0.1) is 12.4 Å². The van der Waals surface area contributed by atoms with Crippen molar-refractivity contribution in [1.82, 2.24) is 10.2 Å². The van der Waals surface area contributed by atoms with Gasteiger partial charge in [0.15, 0.2) is 11.5 Å². The van der Waals surface area contributed by atoms with Crippen LogP contribution >= 0.6 is 24.0 Å². The summed E-state index contributed by atoms with van der Waals surface area (Å²) in [5, 5.41) is 3.77. The lowest BCUT2D eigenvalue weighted by Crippen LogP contribution is -2.48. The number of carbonyl (C=O) groups excluding carboxylic acids is 1. The van der Waals surface area contributed by atoms with E-state index in [1.54, 1.807) is 38.5 Å². The molecule has 1 fully saturated rings. The summed E-state index contributed by atoms with van der Waals surface area (Å²) in [7, 11) is 3.33. The van der Waals surface area contributed by atoms with Gasteiger partial charge in [0.1, 0.15) is 0 Å². The Hall–Kier alpha value is -1.95. The van der Waals surface area contributed by atoms with Crippen molar-refractivity contribution < 1.29 is 14.3 Å². The van der Waals surface area contributed by atoms with Gasteiger partial charge in [-0.25, -0.2) is 0 Å². The van der Waals surface area contributed by atoms with Crippen LogP contribution in [-0.4, -0.2) is 44.2 Å². The summed E-state index contributed by atoms with van der Waals surface area (Å²) in [6, 6.07) is 11.7. The van der Waals surface area contributed by atoms with Gasteiger partial charge in [-0.3, -0.25) is 9.69 Å². The highest BCUT2D eigenvalue weighted by molar-refractivity contribution is 6.30. The van der Waals surface area contributed by atoms with Gasteiger partial charge in [-0.05, 0) is 60.7 Å². The van der Waals surface area contributed by atoms with E-state index in [2.05, 4.69) is 22.3 Å². The highest BCUT2D eigenvalue weighted by Gasteiger charge is 2.35. The summed E-state index contributed by atoms with van der Waals surface area (Å²) in [5.74, 6) is 1.47. The Labute approximate surface area is 182 Å². The predicted molar refractivity (Wildman–Crippen MR) is 117 cm³/mol. The lowest BCUT2D eigenvalue weighted by Gasteiger charge is -2.43. The molecule has 156 valence electrons. The molecule has 2 aliphatic heterocycles. The lowest BCUT2D eigenvalue weighted by atomic mass is 9.84. The van der Waals surface area contributed by atoms with Crippen LogP contribution in [0.2, 0.25) is 5.02 Å². The van der Waals surface area contributed by atoms with Gasteiger partial charge in [0, 0.05) is 35.8 Å². The molecule has 2 atom stereocenters. The third kappa shape index (κ3) is 4.47. The van der Waals surface area contributed by atoms with Crippen LogP contribution in [-0.2, 0) is 6.42 Å². The van der Waals surface area contributed by atoms with Gasteiger partial charge in [0.25, 0.3) is 5.91 Å². The fourth-order valence-electron chi connectivity index (χ4n) is 4.36. The lowest BCUT2D eigenvalue weighted by molar-refractivity contribution is 0.0843. The van der Waals surface area contributed by atoms with E-state index in [9.17, 15) is 4.79 Å². The minimum atomic E-state index is -0.0655. The van der Waals surface area contributed by atoms with E-state index in [0.29, 0.717) is 10.6 Å². The molecule has 0 bridgehead atoms. The molecule has 4 rings (SSSR count). The summed E-state index contributed by atoms with van der Waals surface area (Å²) >= 11 is 6.02. The molecule has 2 aromatic carbocycles. The molecule has 1 amide bonds. The average Bonchev–Trinajstić information content (AvgIpc) is 2.72. The van der Waals surface area contributed by atoms with Crippen molar-refractivity contribution in [3.05, 3.63) is 58.1 Å². The zero-order valence-electron chi connectivity index (χ0n) is 16.6. The van der Waals surface area contributed by atoms with Gasteiger partial charge in [-0.2, -0.15) is 0 Å². The first kappa shape index (κ1) is 21.8. The van der Waals surface area contributed by atoms with Crippen LogP contribution in [0, 0.1) is 0 Å². The zero-order chi connectivity index (χ0) is 19.7. The number of fused-ring (bicyclic) bond motifs is 3. The number of hydrogen-bond donors (Lipinski definition) is 1. The van der Waals surface area contributed by atoms with E-state index >= 15 is 0 Å². The predicted octanol–water partition coefficient (Wildman–Crippen LogP) is 4.27. The molecule has 5 nitrogen and oxygen atoms in total. The van der Waals surface area contributed by atoms with E-state index in [-0.39, 0.29) is 30.4 Å². The van der Waals surface area contributed by atoms with Gasteiger partial charge in [-0.1, -0.05) is 17.7 Å². The molecular weight excluding hydrogens is 411 g/mol. The fraction of sp³-hybridized carbons (Fsp3) is 0.409. The standard InChI is InChI=1S/C22H25ClN2O3.ClH/c1-27-20-11-14-6-8-25-9-7-17(12-19(25)18(14)13-21(20)28-2)24-22(26)15-4-3-5-16(23)10-15;/h3-5,10-11,13,17,19H,6-9,12H2,1-2H3,(H,24,26);1H. The molecule has 0 radical (unpaired) electrons. The topological polar surface area (TPSA) is 50.8 Å². The highest BCUT2D eigenvalue weighted by Crippen LogP contribution is 2.41. The second-order valence-electron chi connectivity index (χ2n) is 7.41. The number of rotatable bonds is 4. The maximum atomic E-state index is 12.6. The molecule has 1 N–H and O–H groups in total. The molecule has 0 spiro atoms. The van der Waals surface area contributed by atoms with Crippen molar-refractivity contribution in [3.63, 3.8) is 0 Å². The number of methoxy groups -OCH3 is 2. The molecular formula is C22H26Cl2N2O3. The minimum absolute atomic E-state index is 0. The Morgan fingerprint density at radius 1 is 1.14 bits per heavy atom. The smallest absolute Gasteiger partial charge is 0.251 e. The molecule has 0 saturated carbocycles. The molecule has 29 heavy (non-hydrogen) atoms. The van der Waals surface area contributed by atoms with E-state index < -0.39 is 0 Å². The van der Waals surface area contributed by atoms with Gasteiger partial charge >= 0.3 is 0 Å². The van der Waals surface area contributed by atoms with Gasteiger partial charge in [0.05, 0.1) is 14.2 Å². The van der Waals surface area contributed by atoms with E-state index in [1.165, 1.54) is 11.1 Å². The Morgan fingerprint density at radius 2 is 1.90 bits per heavy atom. The number of nitrogens with zero attached hydrogens (tertiary/aromatic N) is 1. The second kappa shape index (κ2) is 9.24. The maximum absolute atomic E-state index is 12.6. The molecule has 1 saturated heterocycles. The maximum Gasteiger partial charge on any atom is 0.251 e. The van der Waals surface area contributed by atoms with Crippen molar-refractivity contribution in [2.45, 2.75) is 31.3 Å². The van der Waals surface area contributed by atoms with Crippen molar-refractivity contribution in [1.29, 1.82) is 0 Å². The number of benzene rings is 2. The Morgan fingerprint density at radius 3 is 2.62 bits per heavy atom. The summed E-state index contributed by atoms with van der Waals surface area (Å²) in [6.45, 7) is 2.00. The third-order valence-electron chi connectivity index (χ3n) is 5.81. The zero-order valence-corrected chi connectivity index (χ0v) is 18.2. The number of hydrogen-bond acceptors (Lipinski definition) is 4. The van der Waals surface area contributed by atoms with Crippen LogP contribution in [0.15, 0.2) is 36.4 Å². The fourth-order valence-corrected chi connectivity index (χ4v) is 4.55. The Balaban J connectivity index is 0.00000240. The van der Waals surface area contributed by atoms with Crippen molar-refractivity contribution in [2.75, 3.05) is 27.3 Å². The van der Waals surface area contributed by atoms with E-state index in [1.807, 2.05) is 0 Å². The molecule has 2 aliphatic rings. The minimum Gasteiger partial charge on any atom is -0.493 e. The SMILES string of the molecule is COc1cc2c(cc1OC)C1CC(NC(=O)c3cccc(Cl)c3)CCN1CC2.Cl. The van der Waals surface area contributed by atoms with Gasteiger partial charge < -0.3 is 14.8 Å². The molecule has 2 aromatic rings. The molecule has 7 heteroatoms. The first-order chi connectivity index (χ1) is 13.6. The number of ether oxygens (including phenoxy) is 2. The van der Waals surface area contributed by atoms with Crippen LogP contribution in [0.5, 0.6) is 11.5 Å². The van der Waals surface area contributed by atoms with Crippen LogP contribution < -0.4 is 14.8 Å². The Bertz CT molecular complexity index is 890. The van der Waals surface area contributed by atoms with Crippen LogP contribution in [0.1, 0.15) is 40.4 Å². The van der Waals surface area contributed by atoms with Crippen LogP contribution in [0.25, 0.3) is 0 Å². The van der Waals surface area contributed by atoms with E-state index in [4.69, 9.17) is 21.1 Å². The number of halogens is 2. The molecule has 0 aliphatic carbocycles. The summed E-state index contributed by atoms with van der Waals surface area (Å²) in [4.78, 5) is 15.1. The molecule has 2 heterocycles. The van der Waals surface area contributed by atoms with Crippen molar-refractivity contribution >= 4 is 29.9 Å². The Kier molecular flexibility index (Phi) is 6.93. The normalized spacial score (nSPS) is 20.7. The first-order valence-corrected chi connectivity index (χ1v) is 10.0. The van der Waals surface area contributed by atoms with Crippen LogP contribution in [0.3, 0.4) is 0 Å². The van der Waals surface area contributed by atoms with Crippen LogP contribution in [0.4, 0.5) is 0 Å². The monoisotopic (exact) mass is 436 g/mol.